The second-order valence-electron chi connectivity index (χ2n) is 4.05. The monoisotopic (exact) mass is 282 g/mol. The largest absolute Gasteiger partial charge is 0.424 e. The Labute approximate surface area is 103 Å². The van der Waals surface area contributed by atoms with E-state index < -0.39 is 0 Å². The third-order valence-electron chi connectivity index (χ3n) is 2.74. The molecule has 1 aromatic carbocycles. The second kappa shape index (κ2) is 4.87. The van der Waals surface area contributed by atoms with Crippen LogP contribution in [-0.4, -0.2) is 16.4 Å². The average Bonchev–Trinajstić information content (AvgIpc) is 2.69. The molecule has 0 radical (unpaired) electrons. The van der Waals surface area contributed by atoms with Crippen molar-refractivity contribution in [3.05, 3.63) is 24.3 Å². The van der Waals surface area contributed by atoms with Crippen LogP contribution in [0.4, 0.5) is 6.01 Å². The highest BCUT2D eigenvalue weighted by Gasteiger charge is 2.13. The van der Waals surface area contributed by atoms with Crippen molar-refractivity contribution in [2.45, 2.75) is 19.9 Å². The van der Waals surface area contributed by atoms with Crippen molar-refractivity contribution in [1.82, 2.24) is 4.98 Å². The van der Waals surface area contributed by atoms with E-state index in [1.54, 1.807) is 0 Å². The van der Waals surface area contributed by atoms with E-state index in [-0.39, 0.29) is 0 Å². The van der Waals surface area contributed by atoms with Crippen LogP contribution in [0.15, 0.2) is 28.7 Å². The lowest BCUT2D eigenvalue weighted by Gasteiger charge is -2.17. The molecule has 0 aliphatic heterocycles. The zero-order chi connectivity index (χ0) is 11.5. The highest BCUT2D eigenvalue weighted by Crippen LogP contribution is 2.20. The number of aromatic nitrogens is 1. The lowest BCUT2D eigenvalue weighted by Crippen LogP contribution is -2.24. The van der Waals surface area contributed by atoms with Crippen LogP contribution in [0.5, 0.6) is 0 Å². The van der Waals surface area contributed by atoms with E-state index >= 15 is 0 Å². The van der Waals surface area contributed by atoms with Crippen molar-refractivity contribution >= 4 is 33.0 Å². The van der Waals surface area contributed by atoms with Crippen molar-refractivity contribution in [3.63, 3.8) is 0 Å². The highest BCUT2D eigenvalue weighted by atomic mass is 79.9. The maximum atomic E-state index is 5.60. The Bertz CT molecular complexity index is 436. The molecule has 2 atom stereocenters. The predicted octanol–water partition coefficient (Wildman–Crippen LogP) is 3.66. The quantitative estimate of drug-likeness (QED) is 0.870. The van der Waals surface area contributed by atoms with Gasteiger partial charge in [0.15, 0.2) is 5.58 Å². The molecule has 3 nitrogen and oxygen atoms in total. The van der Waals surface area contributed by atoms with E-state index in [4.69, 9.17) is 4.42 Å². The summed E-state index contributed by atoms with van der Waals surface area (Å²) < 4.78 is 5.60. The van der Waals surface area contributed by atoms with Gasteiger partial charge >= 0.3 is 0 Å². The Balaban J connectivity index is 2.15. The number of benzene rings is 1. The van der Waals surface area contributed by atoms with E-state index in [1.807, 2.05) is 24.3 Å². The van der Waals surface area contributed by atoms with Gasteiger partial charge in [0.25, 0.3) is 6.01 Å². The molecule has 1 aromatic heterocycles. The Morgan fingerprint density at radius 1 is 1.38 bits per heavy atom. The lowest BCUT2D eigenvalue weighted by atomic mass is 10.1. The number of nitrogens with one attached hydrogen (secondary N) is 1. The summed E-state index contributed by atoms with van der Waals surface area (Å²) in [6.45, 7) is 4.30. The summed E-state index contributed by atoms with van der Waals surface area (Å²) in [6.07, 6.45) is 0. The standard InChI is InChI=1S/C12H15BrN2O/c1-8(7-13)9(2)14-12-15-10-5-3-4-6-11(10)16-12/h3-6,8-9H,7H2,1-2H3,(H,14,15). The van der Waals surface area contributed by atoms with E-state index in [0.29, 0.717) is 18.0 Å². The first-order chi connectivity index (χ1) is 7.70. The molecule has 0 spiro atoms. The van der Waals surface area contributed by atoms with Crippen LogP contribution < -0.4 is 5.32 Å². The molecule has 16 heavy (non-hydrogen) atoms. The summed E-state index contributed by atoms with van der Waals surface area (Å²) in [7, 11) is 0. The van der Waals surface area contributed by atoms with Gasteiger partial charge in [-0.25, -0.2) is 0 Å². The number of hydrogen-bond acceptors (Lipinski definition) is 3. The predicted molar refractivity (Wildman–Crippen MR) is 70.1 cm³/mol. The molecule has 2 rings (SSSR count). The summed E-state index contributed by atoms with van der Waals surface area (Å²) in [5.74, 6) is 0.523. The summed E-state index contributed by atoms with van der Waals surface area (Å²) in [5, 5.41) is 4.23. The van der Waals surface area contributed by atoms with Crippen LogP contribution >= 0.6 is 15.9 Å². The zero-order valence-corrected chi connectivity index (χ0v) is 11.0. The number of fused-ring (bicyclic) bond motifs is 1. The molecule has 1 heterocycles. The van der Waals surface area contributed by atoms with Gasteiger partial charge in [0.2, 0.25) is 0 Å². The SMILES string of the molecule is CC(CBr)C(C)Nc1nc2ccccc2o1. The molecular weight excluding hydrogens is 268 g/mol. The van der Waals surface area contributed by atoms with Gasteiger partial charge in [-0.1, -0.05) is 35.0 Å². The molecule has 2 unspecified atom stereocenters. The van der Waals surface area contributed by atoms with Crippen LogP contribution in [0.25, 0.3) is 11.1 Å². The fourth-order valence-electron chi connectivity index (χ4n) is 1.40. The van der Waals surface area contributed by atoms with Crippen molar-refractivity contribution in [1.29, 1.82) is 0 Å². The topological polar surface area (TPSA) is 38.1 Å². The van der Waals surface area contributed by atoms with Gasteiger partial charge in [-0.3, -0.25) is 0 Å². The molecule has 0 fully saturated rings. The normalized spacial score (nSPS) is 14.9. The van der Waals surface area contributed by atoms with Gasteiger partial charge in [0.05, 0.1) is 0 Å². The number of para-hydroxylation sites is 2. The number of hydrogen-bond donors (Lipinski definition) is 1. The van der Waals surface area contributed by atoms with Gasteiger partial charge < -0.3 is 9.73 Å². The smallest absolute Gasteiger partial charge is 0.295 e. The zero-order valence-electron chi connectivity index (χ0n) is 9.40. The Hall–Kier alpha value is -1.03. The van der Waals surface area contributed by atoms with E-state index in [2.05, 4.69) is 40.1 Å². The van der Waals surface area contributed by atoms with Crippen LogP contribution in [0.2, 0.25) is 0 Å². The fourth-order valence-corrected chi connectivity index (χ4v) is 1.97. The van der Waals surface area contributed by atoms with Crippen LogP contribution in [0.1, 0.15) is 13.8 Å². The molecule has 4 heteroatoms. The van der Waals surface area contributed by atoms with Crippen LogP contribution in [0.3, 0.4) is 0 Å². The first-order valence-electron chi connectivity index (χ1n) is 5.39. The first kappa shape index (κ1) is 11.5. The minimum Gasteiger partial charge on any atom is -0.424 e. The molecule has 86 valence electrons. The molecule has 1 N–H and O–H groups in total. The van der Waals surface area contributed by atoms with Gasteiger partial charge in [-0.15, -0.1) is 0 Å². The third kappa shape index (κ3) is 2.38. The van der Waals surface area contributed by atoms with E-state index in [9.17, 15) is 0 Å². The maximum Gasteiger partial charge on any atom is 0.295 e. The van der Waals surface area contributed by atoms with E-state index in [0.717, 1.165) is 16.4 Å². The molecule has 0 saturated carbocycles. The molecule has 0 amide bonds. The van der Waals surface area contributed by atoms with Gasteiger partial charge in [-0.2, -0.15) is 4.98 Å². The van der Waals surface area contributed by atoms with Crippen LogP contribution in [-0.2, 0) is 0 Å². The summed E-state index contributed by atoms with van der Waals surface area (Å²) in [5.41, 5.74) is 1.72. The highest BCUT2D eigenvalue weighted by molar-refractivity contribution is 9.09. The van der Waals surface area contributed by atoms with Crippen molar-refractivity contribution in [2.75, 3.05) is 10.6 Å². The van der Waals surface area contributed by atoms with Gasteiger partial charge in [-0.05, 0) is 25.0 Å². The summed E-state index contributed by atoms with van der Waals surface area (Å²) in [6, 6.07) is 8.70. The molecule has 0 bridgehead atoms. The number of oxazole rings is 1. The Morgan fingerprint density at radius 2 is 2.12 bits per heavy atom. The number of halogens is 1. The van der Waals surface area contributed by atoms with Gasteiger partial charge in [0.1, 0.15) is 5.52 Å². The number of anilines is 1. The third-order valence-corrected chi connectivity index (χ3v) is 3.76. The van der Waals surface area contributed by atoms with Crippen molar-refractivity contribution < 1.29 is 4.42 Å². The summed E-state index contributed by atoms with van der Waals surface area (Å²) >= 11 is 3.47. The second-order valence-corrected chi connectivity index (χ2v) is 4.70. The molecular formula is C12H15BrN2O. The fraction of sp³-hybridized carbons (Fsp3) is 0.417. The minimum atomic E-state index is 0.326. The Morgan fingerprint density at radius 3 is 2.81 bits per heavy atom. The maximum absolute atomic E-state index is 5.60. The average molecular weight is 283 g/mol. The van der Waals surface area contributed by atoms with Gasteiger partial charge in [0, 0.05) is 11.4 Å². The van der Waals surface area contributed by atoms with Crippen molar-refractivity contribution in [2.24, 2.45) is 5.92 Å². The first-order valence-corrected chi connectivity index (χ1v) is 6.51. The number of alkyl halides is 1. The molecule has 0 aliphatic carbocycles. The van der Waals surface area contributed by atoms with E-state index in [1.165, 1.54) is 0 Å². The van der Waals surface area contributed by atoms with Crippen LogP contribution in [0, 0.1) is 5.92 Å². The number of nitrogens with zero attached hydrogens (tertiary/aromatic N) is 1. The number of rotatable bonds is 4. The molecule has 0 saturated heterocycles. The molecule has 0 aliphatic rings. The van der Waals surface area contributed by atoms with Crippen molar-refractivity contribution in [3.8, 4) is 0 Å². The summed E-state index contributed by atoms with van der Waals surface area (Å²) in [4.78, 5) is 4.38. The molecule has 2 aromatic rings. The Kier molecular flexibility index (Phi) is 3.49. The minimum absolute atomic E-state index is 0.326. The lowest BCUT2D eigenvalue weighted by molar-refractivity contribution is 0.535.